The molecule has 112 valence electrons. The van der Waals surface area contributed by atoms with E-state index in [9.17, 15) is 0 Å². The minimum Gasteiger partial charge on any atom is -0.497 e. The maximum absolute atomic E-state index is 5.56. The fourth-order valence-corrected chi connectivity index (χ4v) is 2.74. The molecular formula is C17H27NO2. The zero-order chi connectivity index (χ0) is 14.4. The van der Waals surface area contributed by atoms with Gasteiger partial charge in [0, 0.05) is 12.6 Å². The van der Waals surface area contributed by atoms with Gasteiger partial charge in [-0.15, -0.1) is 0 Å². The maximum atomic E-state index is 5.56. The summed E-state index contributed by atoms with van der Waals surface area (Å²) in [5.41, 5.74) is 2.88. The van der Waals surface area contributed by atoms with Crippen molar-refractivity contribution in [2.45, 2.75) is 51.7 Å². The summed E-state index contributed by atoms with van der Waals surface area (Å²) in [6.45, 7) is 6.10. The van der Waals surface area contributed by atoms with E-state index in [1.54, 1.807) is 7.11 Å². The molecule has 0 heterocycles. The molecule has 1 atom stereocenters. The summed E-state index contributed by atoms with van der Waals surface area (Å²) in [7, 11) is 1.73. The fraction of sp³-hybridized carbons (Fsp3) is 0.647. The minimum atomic E-state index is 0.345. The molecule has 1 unspecified atom stereocenters. The van der Waals surface area contributed by atoms with Gasteiger partial charge in [0.1, 0.15) is 5.75 Å². The molecule has 0 amide bonds. The number of hydrogen-bond acceptors (Lipinski definition) is 3. The lowest BCUT2D eigenvalue weighted by Crippen LogP contribution is -2.21. The third-order valence-electron chi connectivity index (χ3n) is 3.84. The highest BCUT2D eigenvalue weighted by molar-refractivity contribution is 5.40. The molecule has 0 radical (unpaired) electrons. The number of nitrogens with one attached hydrogen (secondary N) is 1. The molecular weight excluding hydrogens is 250 g/mol. The third kappa shape index (κ3) is 4.22. The van der Waals surface area contributed by atoms with Crippen LogP contribution in [0.25, 0.3) is 0 Å². The quantitative estimate of drug-likeness (QED) is 0.738. The van der Waals surface area contributed by atoms with Crippen molar-refractivity contribution >= 4 is 0 Å². The van der Waals surface area contributed by atoms with Crippen molar-refractivity contribution in [3.8, 4) is 5.75 Å². The lowest BCUT2D eigenvalue weighted by atomic mass is 10.1. The van der Waals surface area contributed by atoms with Gasteiger partial charge in [0.2, 0.25) is 0 Å². The molecule has 0 saturated carbocycles. The van der Waals surface area contributed by atoms with Gasteiger partial charge in [-0.25, -0.2) is 0 Å². The Labute approximate surface area is 122 Å². The molecule has 1 N–H and O–H groups in total. The average molecular weight is 277 g/mol. The van der Waals surface area contributed by atoms with Gasteiger partial charge in [0.25, 0.3) is 0 Å². The fourth-order valence-electron chi connectivity index (χ4n) is 2.74. The Morgan fingerprint density at radius 3 is 2.90 bits per heavy atom. The van der Waals surface area contributed by atoms with Crippen LogP contribution in [-0.4, -0.2) is 26.4 Å². The van der Waals surface area contributed by atoms with Gasteiger partial charge < -0.3 is 14.8 Å². The number of methoxy groups -OCH3 is 1. The van der Waals surface area contributed by atoms with E-state index >= 15 is 0 Å². The van der Waals surface area contributed by atoms with Crippen molar-refractivity contribution in [3.05, 3.63) is 29.3 Å². The van der Waals surface area contributed by atoms with Gasteiger partial charge in [-0.2, -0.15) is 0 Å². The van der Waals surface area contributed by atoms with Crippen LogP contribution in [0, 0.1) is 0 Å². The lowest BCUT2D eigenvalue weighted by molar-refractivity contribution is 0.0759. The van der Waals surface area contributed by atoms with Gasteiger partial charge in [0.05, 0.1) is 13.2 Å². The van der Waals surface area contributed by atoms with E-state index in [-0.39, 0.29) is 0 Å². The van der Waals surface area contributed by atoms with E-state index in [0.29, 0.717) is 12.1 Å². The molecule has 3 heteroatoms. The first kappa shape index (κ1) is 15.3. The zero-order valence-electron chi connectivity index (χ0n) is 12.9. The molecule has 0 bridgehead atoms. The Kier molecular flexibility index (Phi) is 5.86. The topological polar surface area (TPSA) is 30.5 Å². The van der Waals surface area contributed by atoms with Crippen molar-refractivity contribution in [2.24, 2.45) is 0 Å². The van der Waals surface area contributed by atoms with E-state index in [2.05, 4.69) is 37.4 Å². The summed E-state index contributed by atoms with van der Waals surface area (Å²) in [5.74, 6) is 0.961. The number of benzene rings is 1. The summed E-state index contributed by atoms with van der Waals surface area (Å²) in [4.78, 5) is 0. The monoisotopic (exact) mass is 277 g/mol. The van der Waals surface area contributed by atoms with Crippen LogP contribution in [0.5, 0.6) is 5.75 Å². The smallest absolute Gasteiger partial charge is 0.119 e. The van der Waals surface area contributed by atoms with Crippen molar-refractivity contribution in [1.82, 2.24) is 5.32 Å². The predicted molar refractivity (Wildman–Crippen MR) is 82.4 cm³/mol. The first-order valence-electron chi connectivity index (χ1n) is 7.72. The molecule has 1 aliphatic carbocycles. The first-order valence-corrected chi connectivity index (χ1v) is 7.72. The molecule has 0 saturated heterocycles. The second-order valence-electron chi connectivity index (χ2n) is 5.74. The third-order valence-corrected chi connectivity index (χ3v) is 3.84. The molecule has 1 aliphatic rings. The van der Waals surface area contributed by atoms with Crippen molar-refractivity contribution in [3.63, 3.8) is 0 Å². The molecule has 1 aromatic carbocycles. The van der Waals surface area contributed by atoms with Gasteiger partial charge in [0.15, 0.2) is 0 Å². The van der Waals surface area contributed by atoms with E-state index in [0.717, 1.165) is 25.3 Å². The van der Waals surface area contributed by atoms with Gasteiger partial charge in [-0.05, 0) is 69.3 Å². The Hall–Kier alpha value is -1.06. The molecule has 0 spiro atoms. The Morgan fingerprint density at radius 2 is 2.15 bits per heavy atom. The lowest BCUT2D eigenvalue weighted by Gasteiger charge is -2.15. The normalized spacial score (nSPS) is 17.5. The maximum Gasteiger partial charge on any atom is 0.119 e. The van der Waals surface area contributed by atoms with Gasteiger partial charge in [-0.1, -0.05) is 6.07 Å². The van der Waals surface area contributed by atoms with E-state index in [1.807, 2.05) is 0 Å². The second kappa shape index (κ2) is 7.65. The Bertz CT molecular complexity index is 417. The van der Waals surface area contributed by atoms with E-state index in [4.69, 9.17) is 9.47 Å². The molecule has 2 rings (SSSR count). The number of unbranched alkanes of at least 4 members (excludes halogenated alkanes) is 1. The van der Waals surface area contributed by atoms with Crippen LogP contribution in [0.4, 0.5) is 0 Å². The molecule has 3 nitrogen and oxygen atoms in total. The van der Waals surface area contributed by atoms with E-state index in [1.165, 1.54) is 30.4 Å². The van der Waals surface area contributed by atoms with Crippen LogP contribution in [0.3, 0.4) is 0 Å². The van der Waals surface area contributed by atoms with Gasteiger partial charge >= 0.3 is 0 Å². The Morgan fingerprint density at radius 1 is 1.30 bits per heavy atom. The van der Waals surface area contributed by atoms with Gasteiger partial charge in [-0.3, -0.25) is 0 Å². The molecule has 20 heavy (non-hydrogen) atoms. The Balaban J connectivity index is 1.73. The van der Waals surface area contributed by atoms with Crippen LogP contribution < -0.4 is 10.1 Å². The highest BCUT2D eigenvalue weighted by Gasteiger charge is 2.22. The molecule has 1 aromatic rings. The number of aryl methyl sites for hydroxylation is 1. The zero-order valence-corrected chi connectivity index (χ0v) is 12.9. The number of rotatable bonds is 8. The van der Waals surface area contributed by atoms with Crippen LogP contribution in [0.1, 0.15) is 50.3 Å². The summed E-state index contributed by atoms with van der Waals surface area (Å²) >= 11 is 0. The van der Waals surface area contributed by atoms with E-state index < -0.39 is 0 Å². The number of hydrogen-bond donors (Lipinski definition) is 1. The molecule has 0 aliphatic heterocycles. The van der Waals surface area contributed by atoms with Crippen molar-refractivity contribution in [1.29, 1.82) is 0 Å². The number of ether oxygens (including phenoxy) is 2. The summed E-state index contributed by atoms with van der Waals surface area (Å²) in [6.07, 6.45) is 5.02. The highest BCUT2D eigenvalue weighted by Crippen LogP contribution is 2.33. The largest absolute Gasteiger partial charge is 0.497 e. The average Bonchev–Trinajstić information content (AvgIpc) is 2.84. The van der Waals surface area contributed by atoms with Crippen LogP contribution in [0.15, 0.2) is 18.2 Å². The van der Waals surface area contributed by atoms with Crippen molar-refractivity contribution in [2.75, 3.05) is 20.3 Å². The first-order chi connectivity index (χ1) is 9.70. The number of fused-ring (bicyclic) bond motifs is 1. The molecule has 0 aromatic heterocycles. The highest BCUT2D eigenvalue weighted by atomic mass is 16.5. The summed E-state index contributed by atoms with van der Waals surface area (Å²) in [6, 6.07) is 6.93. The minimum absolute atomic E-state index is 0.345. The second-order valence-corrected chi connectivity index (χ2v) is 5.74. The van der Waals surface area contributed by atoms with Crippen LogP contribution in [-0.2, 0) is 11.2 Å². The van der Waals surface area contributed by atoms with Crippen LogP contribution in [0.2, 0.25) is 0 Å². The standard InChI is InChI=1S/C17H27NO2/c1-13(2)20-11-5-4-10-18-17-9-7-14-6-8-15(19-3)12-16(14)17/h6,8,12-13,17-18H,4-5,7,9-11H2,1-3H3. The summed E-state index contributed by atoms with van der Waals surface area (Å²) in [5, 5.41) is 3.67. The van der Waals surface area contributed by atoms with Crippen LogP contribution >= 0.6 is 0 Å². The molecule has 0 fully saturated rings. The van der Waals surface area contributed by atoms with Crippen molar-refractivity contribution < 1.29 is 9.47 Å². The summed E-state index contributed by atoms with van der Waals surface area (Å²) < 4.78 is 10.9. The SMILES string of the molecule is COc1ccc2c(c1)C(NCCCCOC(C)C)CC2. The predicted octanol–water partition coefficient (Wildman–Crippen LogP) is 3.48.